The number of nitrogen functional groups attached to an aromatic ring is 1. The van der Waals surface area contributed by atoms with Crippen molar-refractivity contribution in [2.75, 3.05) is 19.4 Å². The summed E-state index contributed by atoms with van der Waals surface area (Å²) in [6.07, 6.45) is 2.69. The van der Waals surface area contributed by atoms with E-state index in [9.17, 15) is 12.8 Å². The van der Waals surface area contributed by atoms with Gasteiger partial charge in [0.2, 0.25) is 10.0 Å². The van der Waals surface area contributed by atoms with Gasteiger partial charge in [-0.25, -0.2) is 17.5 Å². The first-order chi connectivity index (χ1) is 9.30. The highest BCUT2D eigenvalue weighted by Gasteiger charge is 2.38. The van der Waals surface area contributed by atoms with Crippen LogP contribution in [-0.2, 0) is 14.8 Å². The van der Waals surface area contributed by atoms with Crippen LogP contribution in [-0.4, -0.2) is 27.7 Å². The Morgan fingerprint density at radius 3 is 2.60 bits per heavy atom. The van der Waals surface area contributed by atoms with E-state index in [4.69, 9.17) is 10.5 Å². The van der Waals surface area contributed by atoms with Gasteiger partial charge in [-0.15, -0.1) is 0 Å². The minimum absolute atomic E-state index is 0.00183. The Hall–Kier alpha value is -1.18. The normalized spacial score (nSPS) is 17.8. The molecule has 0 amide bonds. The molecule has 0 aromatic heterocycles. The molecule has 1 saturated carbocycles. The van der Waals surface area contributed by atoms with Crippen molar-refractivity contribution >= 4 is 15.7 Å². The Balaban J connectivity index is 2.20. The first-order valence-corrected chi connectivity index (χ1v) is 7.88. The van der Waals surface area contributed by atoms with E-state index in [0.29, 0.717) is 5.56 Å². The van der Waals surface area contributed by atoms with Gasteiger partial charge in [-0.1, -0.05) is 0 Å². The van der Waals surface area contributed by atoms with Gasteiger partial charge < -0.3 is 10.5 Å². The van der Waals surface area contributed by atoms with Crippen molar-refractivity contribution in [3.05, 3.63) is 23.5 Å². The van der Waals surface area contributed by atoms with Crippen molar-refractivity contribution in [3.63, 3.8) is 0 Å². The van der Waals surface area contributed by atoms with Gasteiger partial charge in [0, 0.05) is 13.7 Å². The fourth-order valence-corrected chi connectivity index (χ4v) is 3.66. The molecule has 0 unspecified atom stereocenters. The van der Waals surface area contributed by atoms with E-state index in [2.05, 4.69) is 4.72 Å². The molecule has 1 aliphatic rings. The van der Waals surface area contributed by atoms with Crippen molar-refractivity contribution in [2.45, 2.75) is 36.7 Å². The van der Waals surface area contributed by atoms with Crippen molar-refractivity contribution in [1.29, 1.82) is 0 Å². The number of hydrogen-bond donors (Lipinski definition) is 2. The number of ether oxygens (including phenoxy) is 1. The predicted octanol–water partition coefficient (Wildman–Crippen LogP) is 1.56. The standard InChI is InChI=1S/C13H19FN2O3S/c1-9-6-10(14)11(15)7-12(9)20(17,18)16-8-13(19-2)4-3-5-13/h6-7,16H,3-5,8,15H2,1-2H3. The van der Waals surface area contributed by atoms with Crippen molar-refractivity contribution in [3.8, 4) is 0 Å². The van der Waals surface area contributed by atoms with Gasteiger partial charge in [-0.2, -0.15) is 0 Å². The topological polar surface area (TPSA) is 81.4 Å². The second-order valence-electron chi connectivity index (χ2n) is 5.20. The van der Waals surface area contributed by atoms with E-state index in [1.807, 2.05) is 0 Å². The molecule has 3 N–H and O–H groups in total. The summed E-state index contributed by atoms with van der Waals surface area (Å²) in [7, 11) is -2.15. The summed E-state index contributed by atoms with van der Waals surface area (Å²) in [5, 5.41) is 0. The first-order valence-electron chi connectivity index (χ1n) is 6.40. The second-order valence-corrected chi connectivity index (χ2v) is 6.94. The van der Waals surface area contributed by atoms with E-state index in [-0.39, 0.29) is 17.1 Å². The molecule has 5 nitrogen and oxygen atoms in total. The third kappa shape index (κ3) is 2.79. The van der Waals surface area contributed by atoms with Crippen LogP contribution in [0.3, 0.4) is 0 Å². The van der Waals surface area contributed by atoms with Crippen LogP contribution in [0.2, 0.25) is 0 Å². The quantitative estimate of drug-likeness (QED) is 0.809. The molecule has 20 heavy (non-hydrogen) atoms. The Bertz CT molecular complexity index is 607. The first kappa shape index (κ1) is 15.2. The zero-order valence-corrected chi connectivity index (χ0v) is 12.4. The highest BCUT2D eigenvalue weighted by atomic mass is 32.2. The summed E-state index contributed by atoms with van der Waals surface area (Å²) in [6.45, 7) is 1.75. The SMILES string of the molecule is COC1(CNS(=O)(=O)c2cc(N)c(F)cc2C)CCC1. The fourth-order valence-electron chi connectivity index (χ4n) is 2.29. The average molecular weight is 302 g/mol. The lowest BCUT2D eigenvalue weighted by Gasteiger charge is -2.40. The number of methoxy groups -OCH3 is 1. The van der Waals surface area contributed by atoms with Crippen LogP contribution in [0.5, 0.6) is 0 Å². The Labute approximate surface area is 118 Å². The zero-order chi connectivity index (χ0) is 15.0. The van der Waals surface area contributed by atoms with Crippen LogP contribution < -0.4 is 10.5 Å². The third-order valence-electron chi connectivity index (χ3n) is 3.87. The van der Waals surface area contributed by atoms with Crippen LogP contribution in [0.25, 0.3) is 0 Å². The summed E-state index contributed by atoms with van der Waals surface area (Å²) in [6, 6.07) is 2.27. The lowest BCUT2D eigenvalue weighted by molar-refractivity contribution is -0.0659. The summed E-state index contributed by atoms with van der Waals surface area (Å²) in [5.41, 5.74) is 5.17. The Kier molecular flexibility index (Phi) is 4.04. The molecule has 0 radical (unpaired) electrons. The van der Waals surface area contributed by atoms with Gasteiger partial charge in [-0.05, 0) is 43.9 Å². The summed E-state index contributed by atoms with van der Waals surface area (Å²) in [5.74, 6) is -0.617. The van der Waals surface area contributed by atoms with E-state index in [1.54, 1.807) is 7.11 Å². The summed E-state index contributed by atoms with van der Waals surface area (Å²) >= 11 is 0. The number of nitrogens with two attached hydrogens (primary N) is 1. The third-order valence-corrected chi connectivity index (χ3v) is 5.41. The molecule has 0 heterocycles. The van der Waals surface area contributed by atoms with Crippen molar-refractivity contribution in [2.24, 2.45) is 0 Å². The average Bonchev–Trinajstić information content (AvgIpc) is 2.32. The van der Waals surface area contributed by atoms with E-state index in [0.717, 1.165) is 31.4 Å². The molecule has 0 saturated heterocycles. The number of aryl methyl sites for hydroxylation is 1. The van der Waals surface area contributed by atoms with Crippen molar-refractivity contribution < 1.29 is 17.5 Å². The summed E-state index contributed by atoms with van der Waals surface area (Å²) in [4.78, 5) is 0.00183. The molecule has 7 heteroatoms. The molecule has 1 aromatic rings. The number of anilines is 1. The molecule has 1 aliphatic carbocycles. The van der Waals surface area contributed by atoms with Crippen LogP contribution in [0.15, 0.2) is 17.0 Å². The highest BCUT2D eigenvalue weighted by molar-refractivity contribution is 7.89. The van der Waals surface area contributed by atoms with Crippen molar-refractivity contribution in [1.82, 2.24) is 4.72 Å². The molecule has 0 spiro atoms. The lowest BCUT2D eigenvalue weighted by Crippen LogP contribution is -2.49. The van der Waals surface area contributed by atoms with Gasteiger partial charge in [0.05, 0.1) is 16.2 Å². The minimum atomic E-state index is -3.73. The van der Waals surface area contributed by atoms with Crippen LogP contribution in [0.1, 0.15) is 24.8 Å². The monoisotopic (exact) mass is 302 g/mol. The minimum Gasteiger partial charge on any atom is -0.396 e. The molecular formula is C13H19FN2O3S. The van der Waals surface area contributed by atoms with E-state index < -0.39 is 21.4 Å². The van der Waals surface area contributed by atoms with Crippen LogP contribution in [0, 0.1) is 12.7 Å². The molecule has 112 valence electrons. The maximum absolute atomic E-state index is 13.3. The van der Waals surface area contributed by atoms with Gasteiger partial charge in [-0.3, -0.25) is 0 Å². The van der Waals surface area contributed by atoms with E-state index >= 15 is 0 Å². The molecule has 2 rings (SSSR count). The molecule has 0 bridgehead atoms. The van der Waals surface area contributed by atoms with Crippen LogP contribution in [0.4, 0.5) is 10.1 Å². The Morgan fingerprint density at radius 1 is 1.45 bits per heavy atom. The van der Waals surface area contributed by atoms with Gasteiger partial charge in [0.15, 0.2) is 0 Å². The van der Waals surface area contributed by atoms with E-state index in [1.165, 1.54) is 6.92 Å². The zero-order valence-electron chi connectivity index (χ0n) is 11.6. The van der Waals surface area contributed by atoms with Crippen LogP contribution >= 0.6 is 0 Å². The van der Waals surface area contributed by atoms with Gasteiger partial charge >= 0.3 is 0 Å². The summed E-state index contributed by atoms with van der Waals surface area (Å²) < 4.78 is 45.7. The fraction of sp³-hybridized carbons (Fsp3) is 0.538. The molecule has 1 aromatic carbocycles. The smallest absolute Gasteiger partial charge is 0.241 e. The lowest BCUT2D eigenvalue weighted by atomic mass is 9.80. The maximum Gasteiger partial charge on any atom is 0.241 e. The maximum atomic E-state index is 13.3. The Morgan fingerprint density at radius 2 is 2.10 bits per heavy atom. The number of sulfonamides is 1. The highest BCUT2D eigenvalue weighted by Crippen LogP contribution is 2.34. The predicted molar refractivity (Wildman–Crippen MR) is 74.3 cm³/mol. The molecular weight excluding hydrogens is 283 g/mol. The molecule has 0 aliphatic heterocycles. The molecule has 0 atom stereocenters. The number of benzene rings is 1. The van der Waals surface area contributed by atoms with Gasteiger partial charge in [0.25, 0.3) is 0 Å². The number of hydrogen-bond acceptors (Lipinski definition) is 4. The second kappa shape index (κ2) is 5.31. The molecule has 1 fully saturated rings. The van der Waals surface area contributed by atoms with Gasteiger partial charge in [0.1, 0.15) is 5.82 Å². The number of halogens is 1. The number of rotatable bonds is 5. The largest absolute Gasteiger partial charge is 0.396 e. The number of nitrogens with one attached hydrogen (secondary N) is 1.